The molecule has 1 unspecified atom stereocenters. The maximum Gasteiger partial charge on any atom is 0.407 e. The van der Waals surface area contributed by atoms with E-state index in [1.54, 1.807) is 31.2 Å². The van der Waals surface area contributed by atoms with Crippen LogP contribution in [0.5, 0.6) is 0 Å². The van der Waals surface area contributed by atoms with Crippen LogP contribution in [-0.2, 0) is 25.8 Å². The average molecular weight is 531 g/mol. The Hall–Kier alpha value is -4.21. The number of fused-ring (bicyclic) bond motifs is 3. The van der Waals surface area contributed by atoms with Gasteiger partial charge in [0.2, 0.25) is 11.8 Å². The Morgan fingerprint density at radius 1 is 0.821 bits per heavy atom. The van der Waals surface area contributed by atoms with Crippen LogP contribution in [0, 0.1) is 5.92 Å². The van der Waals surface area contributed by atoms with Crippen LogP contribution in [-0.4, -0.2) is 36.6 Å². The average Bonchev–Trinajstić information content (AvgIpc) is 3.25. The first-order valence-electron chi connectivity index (χ1n) is 12.9. The molecule has 3 aromatic rings. The predicted octanol–water partition coefficient (Wildman–Crippen LogP) is 4.08. The van der Waals surface area contributed by atoms with Gasteiger partial charge in [-0.15, -0.1) is 0 Å². The molecule has 0 spiro atoms. The van der Waals surface area contributed by atoms with Crippen LogP contribution in [0.1, 0.15) is 43.4 Å². The van der Waals surface area contributed by atoms with Gasteiger partial charge in [-0.25, -0.2) is 10.7 Å². The Kier molecular flexibility index (Phi) is 8.96. The summed E-state index contributed by atoms with van der Waals surface area (Å²) in [7, 11) is 0. The Bertz CT molecular complexity index is 1280. The molecule has 0 heterocycles. The molecule has 0 radical (unpaired) electrons. The minimum Gasteiger partial charge on any atom is -0.449 e. The number of benzene rings is 3. The SMILES string of the molecule is CC(C)C(NC(=O)OCC1c2ccccc2-c2ccccc21)C(=O)N[C@@H](C)C(=O)Nc1ccc(CON)cc1. The van der Waals surface area contributed by atoms with Crippen LogP contribution in [0.2, 0.25) is 0 Å². The number of carbonyl (C=O) groups is 3. The fraction of sp³-hybridized carbons (Fsp3) is 0.300. The van der Waals surface area contributed by atoms with E-state index in [-0.39, 0.29) is 25.0 Å². The van der Waals surface area contributed by atoms with Crippen LogP contribution in [0.15, 0.2) is 72.8 Å². The molecule has 1 aliphatic rings. The Balaban J connectivity index is 1.32. The molecule has 0 saturated heterocycles. The molecule has 9 nitrogen and oxygen atoms in total. The standard InChI is InChI=1S/C30H34N4O5/c1-18(2)27(29(36)32-19(3)28(35)33-21-14-12-20(13-15-21)16-39-31)34-30(37)38-17-26-24-10-6-4-8-22(24)23-9-5-7-11-25(23)26/h4-15,18-19,26-27H,16-17,31H2,1-3H3,(H,32,36)(H,33,35)(H,34,37)/t19-,27?/m0/s1. The molecule has 3 amide bonds. The van der Waals surface area contributed by atoms with E-state index in [4.69, 9.17) is 10.6 Å². The summed E-state index contributed by atoms with van der Waals surface area (Å²) in [5.74, 6) is 3.88. The third kappa shape index (κ3) is 6.63. The van der Waals surface area contributed by atoms with Gasteiger partial charge in [-0.3, -0.25) is 14.4 Å². The number of hydrogen-bond donors (Lipinski definition) is 4. The highest BCUT2D eigenvalue weighted by molar-refractivity contribution is 5.98. The molecule has 39 heavy (non-hydrogen) atoms. The molecular formula is C30H34N4O5. The summed E-state index contributed by atoms with van der Waals surface area (Å²) in [6.07, 6.45) is -0.690. The summed E-state index contributed by atoms with van der Waals surface area (Å²) in [5.41, 5.74) is 5.90. The molecule has 4 rings (SSSR count). The Morgan fingerprint density at radius 3 is 1.97 bits per heavy atom. The lowest BCUT2D eigenvalue weighted by molar-refractivity contribution is -0.128. The number of anilines is 1. The maximum absolute atomic E-state index is 13.0. The molecule has 204 valence electrons. The van der Waals surface area contributed by atoms with Gasteiger partial charge < -0.3 is 20.7 Å². The number of ether oxygens (including phenoxy) is 1. The normalized spacial score (nSPS) is 13.7. The van der Waals surface area contributed by atoms with E-state index in [9.17, 15) is 14.4 Å². The number of nitrogens with two attached hydrogens (primary N) is 1. The fourth-order valence-corrected chi connectivity index (χ4v) is 4.70. The van der Waals surface area contributed by atoms with Crippen molar-refractivity contribution in [1.29, 1.82) is 0 Å². The second-order valence-corrected chi connectivity index (χ2v) is 9.92. The molecule has 0 saturated carbocycles. The van der Waals surface area contributed by atoms with Crippen molar-refractivity contribution in [1.82, 2.24) is 10.6 Å². The summed E-state index contributed by atoms with van der Waals surface area (Å²) in [6.45, 7) is 5.60. The topological polar surface area (TPSA) is 132 Å². The highest BCUT2D eigenvalue weighted by atomic mass is 16.6. The molecule has 5 N–H and O–H groups in total. The molecule has 1 aliphatic carbocycles. The fourth-order valence-electron chi connectivity index (χ4n) is 4.70. The zero-order chi connectivity index (χ0) is 27.9. The molecule has 0 fully saturated rings. The minimum atomic E-state index is -0.883. The van der Waals surface area contributed by atoms with Crippen molar-refractivity contribution in [3.63, 3.8) is 0 Å². The van der Waals surface area contributed by atoms with Gasteiger partial charge in [0.15, 0.2) is 0 Å². The quantitative estimate of drug-likeness (QED) is 0.292. The molecule has 0 aliphatic heterocycles. The lowest BCUT2D eigenvalue weighted by Gasteiger charge is -2.24. The van der Waals surface area contributed by atoms with Crippen molar-refractivity contribution in [3.8, 4) is 11.1 Å². The van der Waals surface area contributed by atoms with Gasteiger partial charge in [0, 0.05) is 11.6 Å². The summed E-state index contributed by atoms with van der Waals surface area (Å²) in [6, 6.07) is 21.4. The summed E-state index contributed by atoms with van der Waals surface area (Å²) < 4.78 is 5.60. The van der Waals surface area contributed by atoms with E-state index in [0.29, 0.717) is 5.69 Å². The van der Waals surface area contributed by atoms with E-state index < -0.39 is 30.0 Å². The third-order valence-electron chi connectivity index (χ3n) is 6.79. The van der Waals surface area contributed by atoms with Crippen LogP contribution < -0.4 is 21.8 Å². The van der Waals surface area contributed by atoms with Crippen molar-refractivity contribution in [3.05, 3.63) is 89.5 Å². The number of carbonyl (C=O) groups excluding carboxylic acids is 3. The van der Waals surface area contributed by atoms with Gasteiger partial charge in [0.1, 0.15) is 18.7 Å². The maximum atomic E-state index is 13.0. The van der Waals surface area contributed by atoms with Gasteiger partial charge in [-0.2, -0.15) is 0 Å². The first-order valence-corrected chi connectivity index (χ1v) is 12.9. The van der Waals surface area contributed by atoms with Crippen molar-refractivity contribution >= 4 is 23.6 Å². The zero-order valence-electron chi connectivity index (χ0n) is 22.3. The number of hydrogen-bond acceptors (Lipinski definition) is 6. The Morgan fingerprint density at radius 2 is 1.41 bits per heavy atom. The number of rotatable bonds is 10. The van der Waals surface area contributed by atoms with Gasteiger partial charge in [0.25, 0.3) is 0 Å². The molecule has 0 aromatic heterocycles. The second kappa shape index (κ2) is 12.6. The lowest BCUT2D eigenvalue weighted by atomic mass is 9.98. The minimum absolute atomic E-state index is 0.0879. The zero-order valence-corrected chi connectivity index (χ0v) is 22.3. The largest absolute Gasteiger partial charge is 0.449 e. The van der Waals surface area contributed by atoms with E-state index in [1.165, 1.54) is 0 Å². The van der Waals surface area contributed by atoms with Gasteiger partial charge in [-0.1, -0.05) is 74.5 Å². The van der Waals surface area contributed by atoms with Crippen LogP contribution in [0.4, 0.5) is 10.5 Å². The molecular weight excluding hydrogens is 496 g/mol. The third-order valence-corrected chi connectivity index (χ3v) is 6.79. The summed E-state index contributed by atoms with van der Waals surface area (Å²) in [4.78, 5) is 43.0. The highest BCUT2D eigenvalue weighted by Crippen LogP contribution is 2.44. The summed E-state index contributed by atoms with van der Waals surface area (Å²) >= 11 is 0. The van der Waals surface area contributed by atoms with E-state index in [1.807, 2.05) is 50.2 Å². The second-order valence-electron chi connectivity index (χ2n) is 9.92. The number of nitrogens with one attached hydrogen (secondary N) is 3. The smallest absolute Gasteiger partial charge is 0.407 e. The Labute approximate surface area is 228 Å². The van der Waals surface area contributed by atoms with Crippen LogP contribution >= 0.6 is 0 Å². The van der Waals surface area contributed by atoms with E-state index >= 15 is 0 Å². The first kappa shape index (κ1) is 27.8. The molecule has 3 aromatic carbocycles. The van der Waals surface area contributed by atoms with E-state index in [2.05, 4.69) is 32.9 Å². The lowest BCUT2D eigenvalue weighted by Crippen LogP contribution is -2.53. The highest BCUT2D eigenvalue weighted by Gasteiger charge is 2.31. The van der Waals surface area contributed by atoms with Gasteiger partial charge >= 0.3 is 6.09 Å². The van der Waals surface area contributed by atoms with E-state index in [0.717, 1.165) is 27.8 Å². The first-order chi connectivity index (χ1) is 18.8. The van der Waals surface area contributed by atoms with Crippen molar-refractivity contribution in [2.75, 3.05) is 11.9 Å². The number of amides is 3. The van der Waals surface area contributed by atoms with Gasteiger partial charge in [-0.05, 0) is 52.8 Å². The molecule has 2 atom stereocenters. The van der Waals surface area contributed by atoms with Crippen molar-refractivity contribution < 1.29 is 24.0 Å². The van der Waals surface area contributed by atoms with Crippen molar-refractivity contribution in [2.24, 2.45) is 11.8 Å². The summed E-state index contributed by atoms with van der Waals surface area (Å²) in [5, 5.41) is 8.11. The van der Waals surface area contributed by atoms with Crippen LogP contribution in [0.3, 0.4) is 0 Å². The van der Waals surface area contributed by atoms with Gasteiger partial charge in [0.05, 0.1) is 6.61 Å². The molecule has 9 heteroatoms. The predicted molar refractivity (Wildman–Crippen MR) is 148 cm³/mol. The monoisotopic (exact) mass is 530 g/mol. The van der Waals surface area contributed by atoms with Crippen molar-refractivity contribution in [2.45, 2.75) is 45.4 Å². The molecule has 0 bridgehead atoms. The number of alkyl carbamates (subject to hydrolysis) is 1. The van der Waals surface area contributed by atoms with Crippen LogP contribution in [0.25, 0.3) is 11.1 Å².